The average molecular weight is 254 g/mol. The number of alkyl halides is 3. The summed E-state index contributed by atoms with van der Waals surface area (Å²) in [6.07, 6.45) is -0.704. The number of aromatic nitrogens is 1. The minimum Gasteiger partial charge on any atom is -0.397 e. The fourth-order valence-corrected chi connectivity index (χ4v) is 1.79. The molecule has 18 heavy (non-hydrogen) atoms. The molecule has 5 heteroatoms. The topological polar surface area (TPSA) is 30.9 Å². The second-order valence-corrected chi connectivity index (χ2v) is 4.03. The van der Waals surface area contributed by atoms with Crippen molar-refractivity contribution in [2.75, 3.05) is 5.73 Å². The summed E-state index contributed by atoms with van der Waals surface area (Å²) in [5.74, 6) is 0. The lowest BCUT2D eigenvalue weighted by Crippen LogP contribution is -2.04. The number of nitrogen functional groups attached to an aromatic ring is 1. The minimum absolute atomic E-state index is 0.566. The SMILES string of the molecule is CCn1cc(N)c(-c2ccc(C(F)(F)F)cc2)c1. The zero-order valence-electron chi connectivity index (χ0n) is 9.83. The van der Waals surface area contributed by atoms with Crippen molar-refractivity contribution in [2.45, 2.75) is 19.6 Å². The van der Waals surface area contributed by atoms with Gasteiger partial charge in [0.2, 0.25) is 0 Å². The molecule has 0 spiro atoms. The standard InChI is InChI=1S/C13H13F3N2/c1-2-18-7-11(12(17)8-18)9-3-5-10(6-4-9)13(14,15)16/h3-8H,2,17H2,1H3. The van der Waals surface area contributed by atoms with Crippen molar-refractivity contribution < 1.29 is 13.2 Å². The van der Waals surface area contributed by atoms with Crippen LogP contribution in [0.2, 0.25) is 0 Å². The molecule has 0 atom stereocenters. The van der Waals surface area contributed by atoms with Crippen LogP contribution in [0.4, 0.5) is 18.9 Å². The van der Waals surface area contributed by atoms with Gasteiger partial charge in [-0.25, -0.2) is 0 Å². The lowest BCUT2D eigenvalue weighted by Gasteiger charge is -2.07. The van der Waals surface area contributed by atoms with Crippen LogP contribution in [0, 0.1) is 0 Å². The van der Waals surface area contributed by atoms with E-state index in [9.17, 15) is 13.2 Å². The van der Waals surface area contributed by atoms with Gasteiger partial charge in [-0.15, -0.1) is 0 Å². The maximum atomic E-state index is 12.4. The monoisotopic (exact) mass is 254 g/mol. The zero-order valence-corrected chi connectivity index (χ0v) is 9.83. The van der Waals surface area contributed by atoms with Crippen LogP contribution < -0.4 is 5.73 Å². The number of halogens is 3. The first kappa shape index (κ1) is 12.5. The summed E-state index contributed by atoms with van der Waals surface area (Å²) < 4.78 is 39.2. The number of rotatable bonds is 2. The molecule has 1 heterocycles. The van der Waals surface area contributed by atoms with Crippen LogP contribution in [-0.4, -0.2) is 4.57 Å². The van der Waals surface area contributed by atoms with Crippen LogP contribution in [0.25, 0.3) is 11.1 Å². The van der Waals surface area contributed by atoms with E-state index in [-0.39, 0.29) is 0 Å². The van der Waals surface area contributed by atoms with Crippen molar-refractivity contribution in [3.8, 4) is 11.1 Å². The first-order valence-electron chi connectivity index (χ1n) is 5.54. The van der Waals surface area contributed by atoms with Crippen LogP contribution in [0.15, 0.2) is 36.7 Å². The summed E-state index contributed by atoms with van der Waals surface area (Å²) in [5.41, 5.74) is 7.19. The quantitative estimate of drug-likeness (QED) is 0.868. The summed E-state index contributed by atoms with van der Waals surface area (Å²) in [7, 11) is 0. The highest BCUT2D eigenvalue weighted by Gasteiger charge is 2.30. The van der Waals surface area contributed by atoms with Crippen LogP contribution in [0.3, 0.4) is 0 Å². The molecule has 0 aliphatic rings. The van der Waals surface area contributed by atoms with Gasteiger partial charge >= 0.3 is 6.18 Å². The number of nitrogens with zero attached hydrogens (tertiary/aromatic N) is 1. The molecule has 0 aliphatic heterocycles. The third-order valence-corrected chi connectivity index (χ3v) is 2.80. The first-order chi connectivity index (χ1) is 8.41. The summed E-state index contributed by atoms with van der Waals surface area (Å²) in [6, 6.07) is 5.01. The highest BCUT2D eigenvalue weighted by atomic mass is 19.4. The number of hydrogen-bond acceptors (Lipinski definition) is 1. The Kier molecular flexibility index (Phi) is 3.07. The third kappa shape index (κ3) is 2.34. The van der Waals surface area contributed by atoms with Crippen molar-refractivity contribution in [3.05, 3.63) is 42.2 Å². The number of hydrogen-bond donors (Lipinski definition) is 1. The van der Waals surface area contributed by atoms with E-state index in [1.54, 1.807) is 6.20 Å². The molecule has 0 fully saturated rings. The van der Waals surface area contributed by atoms with Crippen LogP contribution in [0.1, 0.15) is 12.5 Å². The molecular formula is C13H13F3N2. The van der Waals surface area contributed by atoms with Gasteiger partial charge in [-0.2, -0.15) is 13.2 Å². The van der Waals surface area contributed by atoms with E-state index in [1.807, 2.05) is 17.7 Å². The fourth-order valence-electron chi connectivity index (χ4n) is 1.79. The van der Waals surface area contributed by atoms with E-state index >= 15 is 0 Å². The highest BCUT2D eigenvalue weighted by Crippen LogP contribution is 2.32. The summed E-state index contributed by atoms with van der Waals surface area (Å²) in [6.45, 7) is 2.74. The van der Waals surface area contributed by atoms with E-state index < -0.39 is 11.7 Å². The van der Waals surface area contributed by atoms with Gasteiger partial charge in [-0.05, 0) is 24.6 Å². The molecule has 1 aromatic heterocycles. The Hall–Kier alpha value is -1.91. The molecule has 0 amide bonds. The second-order valence-electron chi connectivity index (χ2n) is 4.03. The smallest absolute Gasteiger partial charge is 0.397 e. The molecule has 0 saturated heterocycles. The Morgan fingerprint density at radius 3 is 2.17 bits per heavy atom. The highest BCUT2D eigenvalue weighted by molar-refractivity contribution is 5.76. The molecule has 0 bridgehead atoms. The van der Waals surface area contributed by atoms with E-state index in [4.69, 9.17) is 5.73 Å². The van der Waals surface area contributed by atoms with Gasteiger partial charge in [0, 0.05) is 24.5 Å². The lowest BCUT2D eigenvalue weighted by molar-refractivity contribution is -0.137. The van der Waals surface area contributed by atoms with E-state index in [2.05, 4.69) is 0 Å². The van der Waals surface area contributed by atoms with E-state index in [0.717, 1.165) is 24.2 Å². The predicted molar refractivity (Wildman–Crippen MR) is 65.0 cm³/mol. The van der Waals surface area contributed by atoms with Crippen molar-refractivity contribution in [3.63, 3.8) is 0 Å². The summed E-state index contributed by atoms with van der Waals surface area (Å²) in [5, 5.41) is 0. The maximum Gasteiger partial charge on any atom is 0.416 e. The van der Waals surface area contributed by atoms with Crippen molar-refractivity contribution >= 4 is 5.69 Å². The van der Waals surface area contributed by atoms with Crippen LogP contribution >= 0.6 is 0 Å². The van der Waals surface area contributed by atoms with Crippen molar-refractivity contribution in [1.82, 2.24) is 4.57 Å². The first-order valence-corrected chi connectivity index (χ1v) is 5.54. The Balaban J connectivity index is 2.37. The fraction of sp³-hybridized carbons (Fsp3) is 0.231. The Bertz CT molecular complexity index is 538. The molecule has 2 aromatic rings. The predicted octanol–water partition coefficient (Wildman–Crippen LogP) is 3.78. The molecule has 2 N–H and O–H groups in total. The zero-order chi connectivity index (χ0) is 13.3. The Morgan fingerprint density at radius 1 is 1.11 bits per heavy atom. The van der Waals surface area contributed by atoms with E-state index in [0.29, 0.717) is 11.3 Å². The molecule has 0 aliphatic carbocycles. The molecule has 0 radical (unpaired) electrons. The van der Waals surface area contributed by atoms with Gasteiger partial charge in [-0.1, -0.05) is 12.1 Å². The maximum absolute atomic E-state index is 12.4. The molecule has 96 valence electrons. The minimum atomic E-state index is -4.31. The molecule has 0 saturated carbocycles. The largest absolute Gasteiger partial charge is 0.416 e. The van der Waals surface area contributed by atoms with Gasteiger partial charge in [0.1, 0.15) is 0 Å². The van der Waals surface area contributed by atoms with Crippen LogP contribution in [-0.2, 0) is 12.7 Å². The number of benzene rings is 1. The second kappa shape index (κ2) is 4.40. The Morgan fingerprint density at radius 2 is 1.72 bits per heavy atom. The van der Waals surface area contributed by atoms with Gasteiger partial charge in [0.15, 0.2) is 0 Å². The van der Waals surface area contributed by atoms with Crippen molar-refractivity contribution in [2.24, 2.45) is 0 Å². The van der Waals surface area contributed by atoms with Gasteiger partial charge in [-0.3, -0.25) is 0 Å². The number of anilines is 1. The molecule has 0 unspecified atom stereocenters. The lowest BCUT2D eigenvalue weighted by atomic mass is 10.1. The average Bonchev–Trinajstić information content (AvgIpc) is 2.70. The number of aryl methyl sites for hydroxylation is 1. The van der Waals surface area contributed by atoms with Gasteiger partial charge in [0.25, 0.3) is 0 Å². The molecule has 2 rings (SSSR count). The summed E-state index contributed by atoms with van der Waals surface area (Å²) >= 11 is 0. The van der Waals surface area contributed by atoms with Gasteiger partial charge in [0.05, 0.1) is 11.3 Å². The molecular weight excluding hydrogens is 241 g/mol. The molecule has 1 aromatic carbocycles. The summed E-state index contributed by atoms with van der Waals surface area (Å²) in [4.78, 5) is 0. The van der Waals surface area contributed by atoms with Crippen LogP contribution in [0.5, 0.6) is 0 Å². The van der Waals surface area contributed by atoms with E-state index in [1.165, 1.54) is 12.1 Å². The normalized spacial score (nSPS) is 11.8. The third-order valence-electron chi connectivity index (χ3n) is 2.80. The van der Waals surface area contributed by atoms with Crippen molar-refractivity contribution in [1.29, 1.82) is 0 Å². The molecule has 2 nitrogen and oxygen atoms in total. The number of nitrogens with two attached hydrogens (primary N) is 1. The Labute approximate surface area is 103 Å². The van der Waals surface area contributed by atoms with Gasteiger partial charge < -0.3 is 10.3 Å².